The SMILES string of the molecule is COc1cc(C=NNC(=O)c2ccccn2)c(Br)cc1OCc1ccc(Br)cc1. The van der Waals surface area contributed by atoms with Crippen molar-refractivity contribution in [3.05, 3.63) is 86.6 Å². The standard InChI is InChI=1S/C21H17Br2N3O3/c1-28-19-10-15(12-25-26-21(27)18-4-2-3-9-24-18)17(23)11-20(19)29-13-14-5-7-16(22)8-6-14/h2-12H,13H2,1H3,(H,26,27). The zero-order valence-electron chi connectivity index (χ0n) is 15.4. The van der Waals surface area contributed by atoms with E-state index in [2.05, 4.69) is 47.4 Å². The van der Waals surface area contributed by atoms with Crippen LogP contribution in [0.4, 0.5) is 0 Å². The van der Waals surface area contributed by atoms with Gasteiger partial charge >= 0.3 is 0 Å². The average Bonchev–Trinajstić information content (AvgIpc) is 2.75. The van der Waals surface area contributed by atoms with Gasteiger partial charge in [0.2, 0.25) is 0 Å². The molecule has 0 radical (unpaired) electrons. The third-order valence-corrected chi connectivity index (χ3v) is 5.07. The lowest BCUT2D eigenvalue weighted by Crippen LogP contribution is -2.18. The minimum absolute atomic E-state index is 0.290. The molecule has 0 aliphatic rings. The number of carbonyl (C=O) groups is 1. The summed E-state index contributed by atoms with van der Waals surface area (Å²) in [4.78, 5) is 16.0. The van der Waals surface area contributed by atoms with E-state index in [9.17, 15) is 4.79 Å². The number of pyridine rings is 1. The van der Waals surface area contributed by atoms with Gasteiger partial charge in [-0.2, -0.15) is 5.10 Å². The van der Waals surface area contributed by atoms with Crippen LogP contribution in [0.3, 0.4) is 0 Å². The molecule has 0 bridgehead atoms. The Morgan fingerprint density at radius 2 is 1.93 bits per heavy atom. The number of aromatic nitrogens is 1. The number of amides is 1. The quantitative estimate of drug-likeness (QED) is 0.354. The van der Waals surface area contributed by atoms with Crippen molar-refractivity contribution in [2.45, 2.75) is 6.61 Å². The molecule has 8 heteroatoms. The molecule has 6 nitrogen and oxygen atoms in total. The molecule has 0 fully saturated rings. The summed E-state index contributed by atoms with van der Waals surface area (Å²) in [5.41, 5.74) is 4.50. The third kappa shape index (κ3) is 5.88. The van der Waals surface area contributed by atoms with E-state index >= 15 is 0 Å². The van der Waals surface area contributed by atoms with E-state index in [1.807, 2.05) is 24.3 Å². The van der Waals surface area contributed by atoms with Gasteiger partial charge in [0, 0.05) is 20.7 Å². The maximum Gasteiger partial charge on any atom is 0.289 e. The molecule has 0 saturated heterocycles. The highest BCUT2D eigenvalue weighted by molar-refractivity contribution is 9.10. The average molecular weight is 519 g/mol. The Morgan fingerprint density at radius 3 is 2.62 bits per heavy atom. The van der Waals surface area contributed by atoms with Gasteiger partial charge in [0.25, 0.3) is 5.91 Å². The molecular formula is C21H17Br2N3O3. The van der Waals surface area contributed by atoms with Crippen molar-refractivity contribution in [3.63, 3.8) is 0 Å². The first-order valence-corrected chi connectivity index (χ1v) is 10.1. The molecule has 0 atom stereocenters. The second-order valence-electron chi connectivity index (χ2n) is 5.85. The molecule has 148 valence electrons. The molecule has 0 spiro atoms. The first kappa shape index (κ1) is 21.0. The number of halogens is 2. The molecule has 1 amide bonds. The van der Waals surface area contributed by atoms with E-state index in [0.29, 0.717) is 18.1 Å². The predicted octanol–water partition coefficient (Wildman–Crippen LogP) is 4.96. The van der Waals surface area contributed by atoms with Crippen LogP contribution in [0.25, 0.3) is 0 Å². The van der Waals surface area contributed by atoms with Gasteiger partial charge in [-0.05, 0) is 57.9 Å². The Labute approximate surface area is 185 Å². The molecule has 0 unspecified atom stereocenters. The smallest absolute Gasteiger partial charge is 0.289 e. The number of rotatable bonds is 7. The first-order valence-electron chi connectivity index (χ1n) is 8.56. The van der Waals surface area contributed by atoms with Gasteiger partial charge in [-0.15, -0.1) is 0 Å². The minimum atomic E-state index is -0.389. The van der Waals surface area contributed by atoms with Gasteiger partial charge in [0.15, 0.2) is 11.5 Å². The Hall–Kier alpha value is -2.71. The molecule has 0 saturated carbocycles. The summed E-state index contributed by atoms with van der Waals surface area (Å²) in [6.07, 6.45) is 3.07. The number of benzene rings is 2. The van der Waals surface area contributed by atoms with Crippen molar-refractivity contribution >= 4 is 44.0 Å². The lowest BCUT2D eigenvalue weighted by Gasteiger charge is -2.13. The molecular weight excluding hydrogens is 502 g/mol. The van der Waals surface area contributed by atoms with E-state index in [1.165, 1.54) is 6.21 Å². The summed E-state index contributed by atoms with van der Waals surface area (Å²) in [7, 11) is 1.57. The molecule has 3 aromatic rings. The first-order chi connectivity index (χ1) is 14.1. The van der Waals surface area contributed by atoms with Crippen LogP contribution in [0.1, 0.15) is 21.6 Å². The maximum absolute atomic E-state index is 12.0. The van der Waals surface area contributed by atoms with E-state index in [0.717, 1.165) is 20.1 Å². The van der Waals surface area contributed by atoms with Gasteiger partial charge in [-0.3, -0.25) is 9.78 Å². The van der Waals surface area contributed by atoms with Crippen LogP contribution >= 0.6 is 31.9 Å². The molecule has 0 aliphatic heterocycles. The summed E-state index contributed by atoms with van der Waals surface area (Å²) in [6, 6.07) is 16.6. The fourth-order valence-electron chi connectivity index (χ4n) is 2.38. The van der Waals surface area contributed by atoms with Gasteiger partial charge in [0.1, 0.15) is 12.3 Å². The maximum atomic E-state index is 12.0. The molecule has 2 aromatic carbocycles. The van der Waals surface area contributed by atoms with Crippen LogP contribution in [0, 0.1) is 0 Å². The summed E-state index contributed by atoms with van der Waals surface area (Å²) < 4.78 is 13.1. The van der Waals surface area contributed by atoms with E-state index in [4.69, 9.17) is 9.47 Å². The topological polar surface area (TPSA) is 72.8 Å². The summed E-state index contributed by atoms with van der Waals surface area (Å²) >= 11 is 6.92. The van der Waals surface area contributed by atoms with Crippen LogP contribution in [-0.4, -0.2) is 24.2 Å². The van der Waals surface area contributed by atoms with Gasteiger partial charge < -0.3 is 9.47 Å². The van der Waals surface area contributed by atoms with Crippen molar-refractivity contribution in [2.75, 3.05) is 7.11 Å². The molecule has 29 heavy (non-hydrogen) atoms. The predicted molar refractivity (Wildman–Crippen MR) is 118 cm³/mol. The molecule has 3 rings (SSSR count). The van der Waals surface area contributed by atoms with Gasteiger partial charge in [0.05, 0.1) is 13.3 Å². The van der Waals surface area contributed by atoms with E-state index in [1.54, 1.807) is 43.6 Å². The number of ether oxygens (including phenoxy) is 2. The zero-order valence-corrected chi connectivity index (χ0v) is 18.6. The number of hydrogen-bond donors (Lipinski definition) is 1. The normalized spacial score (nSPS) is 10.7. The Balaban J connectivity index is 1.68. The van der Waals surface area contributed by atoms with Crippen molar-refractivity contribution in [1.29, 1.82) is 0 Å². The Kier molecular flexibility index (Phi) is 7.37. The summed E-state index contributed by atoms with van der Waals surface area (Å²) in [5.74, 6) is 0.763. The fourth-order valence-corrected chi connectivity index (χ4v) is 3.07. The fraction of sp³-hybridized carbons (Fsp3) is 0.0952. The minimum Gasteiger partial charge on any atom is -0.493 e. The van der Waals surface area contributed by atoms with Crippen molar-refractivity contribution in [3.8, 4) is 11.5 Å². The highest BCUT2D eigenvalue weighted by Crippen LogP contribution is 2.33. The van der Waals surface area contributed by atoms with Crippen LogP contribution < -0.4 is 14.9 Å². The number of nitrogens with one attached hydrogen (secondary N) is 1. The van der Waals surface area contributed by atoms with Gasteiger partial charge in [-0.25, -0.2) is 5.43 Å². The summed E-state index contributed by atoms with van der Waals surface area (Å²) in [5, 5.41) is 3.99. The highest BCUT2D eigenvalue weighted by atomic mass is 79.9. The number of carbonyl (C=O) groups excluding carboxylic acids is 1. The molecule has 1 N–H and O–H groups in total. The second-order valence-corrected chi connectivity index (χ2v) is 7.62. The van der Waals surface area contributed by atoms with Crippen molar-refractivity contribution in [1.82, 2.24) is 10.4 Å². The van der Waals surface area contributed by atoms with Crippen molar-refractivity contribution in [2.24, 2.45) is 5.10 Å². The largest absolute Gasteiger partial charge is 0.493 e. The molecule has 0 aliphatic carbocycles. The van der Waals surface area contributed by atoms with Crippen LogP contribution in [0.2, 0.25) is 0 Å². The number of methoxy groups -OCH3 is 1. The second kappa shape index (κ2) is 10.2. The van der Waals surface area contributed by atoms with E-state index < -0.39 is 0 Å². The molecule has 1 aromatic heterocycles. The van der Waals surface area contributed by atoms with E-state index in [-0.39, 0.29) is 11.6 Å². The number of hydrogen-bond acceptors (Lipinski definition) is 5. The van der Waals surface area contributed by atoms with Crippen molar-refractivity contribution < 1.29 is 14.3 Å². The third-order valence-electron chi connectivity index (χ3n) is 3.86. The summed E-state index contributed by atoms with van der Waals surface area (Å²) in [6.45, 7) is 0.406. The van der Waals surface area contributed by atoms with Crippen LogP contribution in [-0.2, 0) is 6.61 Å². The monoisotopic (exact) mass is 517 g/mol. The highest BCUT2D eigenvalue weighted by Gasteiger charge is 2.10. The lowest BCUT2D eigenvalue weighted by atomic mass is 10.2. The Morgan fingerprint density at radius 1 is 1.14 bits per heavy atom. The zero-order chi connectivity index (χ0) is 20.6. The lowest BCUT2D eigenvalue weighted by molar-refractivity contribution is 0.0950. The number of hydrazone groups is 1. The number of nitrogens with zero attached hydrogens (tertiary/aromatic N) is 2. The van der Waals surface area contributed by atoms with Gasteiger partial charge in [-0.1, -0.05) is 34.1 Å². The van der Waals surface area contributed by atoms with Crippen LogP contribution in [0.15, 0.2) is 74.8 Å². The Bertz CT molecular complexity index is 1010. The van der Waals surface area contributed by atoms with Crippen LogP contribution in [0.5, 0.6) is 11.5 Å². The molecule has 1 heterocycles.